The van der Waals surface area contributed by atoms with Crippen molar-refractivity contribution in [2.45, 2.75) is 18.9 Å². The van der Waals surface area contributed by atoms with Crippen LogP contribution in [0.25, 0.3) is 11.4 Å². The summed E-state index contributed by atoms with van der Waals surface area (Å²) in [7, 11) is 3.17. The minimum Gasteiger partial charge on any atom is -0.493 e. The predicted octanol–water partition coefficient (Wildman–Crippen LogP) is 3.79. The largest absolute Gasteiger partial charge is 0.493 e. The molecule has 0 bridgehead atoms. The smallest absolute Gasteiger partial charge is 0.255 e. The van der Waals surface area contributed by atoms with Gasteiger partial charge in [0, 0.05) is 17.5 Å². The van der Waals surface area contributed by atoms with Crippen molar-refractivity contribution in [2.24, 2.45) is 0 Å². The molecule has 2 aromatic heterocycles. The highest BCUT2D eigenvalue weighted by molar-refractivity contribution is 7.08. The van der Waals surface area contributed by atoms with E-state index in [1.807, 2.05) is 27.8 Å². The van der Waals surface area contributed by atoms with Gasteiger partial charge in [0.1, 0.15) is 6.04 Å². The van der Waals surface area contributed by atoms with Gasteiger partial charge in [0.2, 0.25) is 11.7 Å². The van der Waals surface area contributed by atoms with Crippen LogP contribution in [-0.4, -0.2) is 41.7 Å². The molecule has 1 saturated heterocycles. The zero-order chi connectivity index (χ0) is 18.8. The number of hydrogen-bond acceptors (Lipinski definition) is 7. The number of aromatic nitrogens is 2. The molecule has 0 aliphatic carbocycles. The number of likely N-dealkylation sites (tertiary alicyclic amines) is 1. The first-order chi connectivity index (χ1) is 13.2. The van der Waals surface area contributed by atoms with Crippen LogP contribution in [0, 0.1) is 0 Å². The molecule has 0 unspecified atom stereocenters. The van der Waals surface area contributed by atoms with Crippen LogP contribution in [-0.2, 0) is 0 Å². The van der Waals surface area contributed by atoms with Crippen molar-refractivity contribution in [3.63, 3.8) is 0 Å². The van der Waals surface area contributed by atoms with Gasteiger partial charge in [0.25, 0.3) is 5.91 Å². The highest BCUT2D eigenvalue weighted by Gasteiger charge is 2.34. The highest BCUT2D eigenvalue weighted by Crippen LogP contribution is 2.35. The predicted molar refractivity (Wildman–Crippen MR) is 100 cm³/mol. The van der Waals surface area contributed by atoms with Gasteiger partial charge in [-0.2, -0.15) is 16.3 Å². The Bertz CT molecular complexity index is 938. The van der Waals surface area contributed by atoms with Crippen molar-refractivity contribution in [1.82, 2.24) is 15.0 Å². The summed E-state index contributed by atoms with van der Waals surface area (Å²) in [6.07, 6.45) is 1.72. The van der Waals surface area contributed by atoms with E-state index in [0.29, 0.717) is 35.3 Å². The summed E-state index contributed by atoms with van der Waals surface area (Å²) in [5.74, 6) is 2.15. The minimum atomic E-state index is -0.196. The van der Waals surface area contributed by atoms with E-state index in [0.717, 1.165) is 18.4 Å². The summed E-state index contributed by atoms with van der Waals surface area (Å²) in [5.41, 5.74) is 1.46. The molecule has 0 N–H and O–H groups in total. The third-order valence-corrected chi connectivity index (χ3v) is 5.33. The minimum absolute atomic E-state index is 0.00427. The van der Waals surface area contributed by atoms with Crippen molar-refractivity contribution in [3.8, 4) is 22.9 Å². The van der Waals surface area contributed by atoms with Gasteiger partial charge in [-0.3, -0.25) is 4.79 Å². The van der Waals surface area contributed by atoms with E-state index in [-0.39, 0.29) is 11.9 Å². The van der Waals surface area contributed by atoms with Crippen LogP contribution in [0.3, 0.4) is 0 Å². The Hall–Kier alpha value is -2.87. The molecule has 7 nitrogen and oxygen atoms in total. The zero-order valence-electron chi connectivity index (χ0n) is 15.0. The standard InChI is InChI=1S/C19H19N3O4S/c1-24-15-6-5-12(10-16(15)25-2)17-20-18(26-21-17)14-4-3-8-22(14)19(23)13-7-9-27-11-13/h5-7,9-11,14H,3-4,8H2,1-2H3/t14-/m0/s1. The molecule has 0 spiro atoms. The van der Waals surface area contributed by atoms with Gasteiger partial charge in [0.05, 0.1) is 19.8 Å². The maximum Gasteiger partial charge on any atom is 0.255 e. The number of carbonyl (C=O) groups is 1. The van der Waals surface area contributed by atoms with E-state index >= 15 is 0 Å². The van der Waals surface area contributed by atoms with E-state index in [2.05, 4.69) is 10.1 Å². The van der Waals surface area contributed by atoms with E-state index in [1.165, 1.54) is 11.3 Å². The zero-order valence-corrected chi connectivity index (χ0v) is 15.9. The fraction of sp³-hybridized carbons (Fsp3) is 0.316. The van der Waals surface area contributed by atoms with E-state index < -0.39 is 0 Å². The Labute approximate surface area is 160 Å². The average molecular weight is 385 g/mol. The quantitative estimate of drug-likeness (QED) is 0.665. The molecular formula is C19H19N3O4S. The second kappa shape index (κ2) is 7.40. The summed E-state index contributed by atoms with van der Waals surface area (Å²) in [6, 6.07) is 7.09. The van der Waals surface area contributed by atoms with Gasteiger partial charge in [-0.1, -0.05) is 5.16 Å². The van der Waals surface area contributed by atoms with E-state index in [9.17, 15) is 4.79 Å². The number of rotatable bonds is 5. The Kier molecular flexibility index (Phi) is 4.81. The summed E-state index contributed by atoms with van der Waals surface area (Å²) in [4.78, 5) is 19.1. The number of amides is 1. The summed E-state index contributed by atoms with van der Waals surface area (Å²) < 4.78 is 16.1. The lowest BCUT2D eigenvalue weighted by Gasteiger charge is -2.21. The van der Waals surface area contributed by atoms with Crippen LogP contribution in [0.1, 0.15) is 35.1 Å². The first-order valence-electron chi connectivity index (χ1n) is 8.60. The van der Waals surface area contributed by atoms with Gasteiger partial charge in [-0.25, -0.2) is 0 Å². The molecule has 1 aliphatic heterocycles. The second-order valence-electron chi connectivity index (χ2n) is 6.19. The van der Waals surface area contributed by atoms with Crippen molar-refractivity contribution >= 4 is 17.2 Å². The molecule has 4 rings (SSSR count). The molecule has 0 radical (unpaired) electrons. The number of methoxy groups -OCH3 is 2. The van der Waals surface area contributed by atoms with Crippen LogP contribution in [0.4, 0.5) is 0 Å². The summed E-state index contributed by atoms with van der Waals surface area (Å²) in [5, 5.41) is 7.86. The monoisotopic (exact) mass is 385 g/mol. The fourth-order valence-corrected chi connectivity index (χ4v) is 3.91. The van der Waals surface area contributed by atoms with Crippen molar-refractivity contribution in [3.05, 3.63) is 46.5 Å². The Morgan fingerprint density at radius 1 is 1.26 bits per heavy atom. The Balaban J connectivity index is 1.59. The van der Waals surface area contributed by atoms with E-state index in [4.69, 9.17) is 14.0 Å². The molecule has 3 heterocycles. The van der Waals surface area contributed by atoms with Crippen LogP contribution in [0.2, 0.25) is 0 Å². The number of ether oxygens (including phenoxy) is 2. The molecular weight excluding hydrogens is 366 g/mol. The molecule has 27 heavy (non-hydrogen) atoms. The lowest BCUT2D eigenvalue weighted by Crippen LogP contribution is -2.30. The molecule has 140 valence electrons. The molecule has 8 heteroatoms. The number of carbonyl (C=O) groups excluding carboxylic acids is 1. The molecule has 1 amide bonds. The van der Waals surface area contributed by atoms with Gasteiger partial charge >= 0.3 is 0 Å². The molecule has 1 aliphatic rings. The summed E-state index contributed by atoms with van der Waals surface area (Å²) >= 11 is 1.51. The molecule has 1 fully saturated rings. The van der Waals surface area contributed by atoms with Gasteiger partial charge in [0.15, 0.2) is 11.5 Å². The number of hydrogen-bond donors (Lipinski definition) is 0. The Morgan fingerprint density at radius 2 is 2.11 bits per heavy atom. The maximum atomic E-state index is 12.7. The maximum absolute atomic E-state index is 12.7. The van der Waals surface area contributed by atoms with Crippen molar-refractivity contribution < 1.29 is 18.8 Å². The third-order valence-electron chi connectivity index (χ3n) is 4.65. The topological polar surface area (TPSA) is 77.7 Å². The average Bonchev–Trinajstić information content (AvgIpc) is 3.47. The van der Waals surface area contributed by atoms with Gasteiger partial charge in [-0.05, 0) is 42.5 Å². The number of nitrogens with zero attached hydrogens (tertiary/aromatic N) is 3. The normalized spacial score (nSPS) is 16.5. The third kappa shape index (κ3) is 3.28. The molecule has 3 aromatic rings. The van der Waals surface area contributed by atoms with E-state index in [1.54, 1.807) is 26.4 Å². The van der Waals surface area contributed by atoms with Crippen LogP contribution >= 0.6 is 11.3 Å². The van der Waals surface area contributed by atoms with Gasteiger partial charge in [-0.15, -0.1) is 0 Å². The first-order valence-corrected chi connectivity index (χ1v) is 9.54. The van der Waals surface area contributed by atoms with Crippen LogP contribution < -0.4 is 9.47 Å². The van der Waals surface area contributed by atoms with Crippen molar-refractivity contribution in [1.29, 1.82) is 0 Å². The highest BCUT2D eigenvalue weighted by atomic mass is 32.1. The Morgan fingerprint density at radius 3 is 2.85 bits per heavy atom. The van der Waals surface area contributed by atoms with Crippen LogP contribution in [0.15, 0.2) is 39.5 Å². The molecule has 0 saturated carbocycles. The second-order valence-corrected chi connectivity index (χ2v) is 6.97. The fourth-order valence-electron chi connectivity index (χ4n) is 3.28. The SMILES string of the molecule is COc1ccc(-c2noc([C@@H]3CCCN3C(=O)c3ccsc3)n2)cc1OC. The van der Waals surface area contributed by atoms with Gasteiger partial charge < -0.3 is 18.9 Å². The lowest BCUT2D eigenvalue weighted by atomic mass is 10.2. The summed E-state index contributed by atoms with van der Waals surface area (Å²) in [6.45, 7) is 0.688. The van der Waals surface area contributed by atoms with Crippen molar-refractivity contribution in [2.75, 3.05) is 20.8 Å². The molecule has 1 atom stereocenters. The first kappa shape index (κ1) is 17.5. The number of thiophene rings is 1. The lowest BCUT2D eigenvalue weighted by molar-refractivity contribution is 0.0710. The molecule has 1 aromatic carbocycles. The van der Waals surface area contributed by atoms with Crippen LogP contribution in [0.5, 0.6) is 11.5 Å². The number of benzene rings is 1.